The molecule has 0 saturated heterocycles. The van der Waals surface area contributed by atoms with Crippen LogP contribution in [-0.4, -0.2) is 40.6 Å². The molecule has 0 aromatic heterocycles. The van der Waals surface area contributed by atoms with Crippen molar-refractivity contribution in [3.63, 3.8) is 0 Å². The number of carbonyl (C=O) groups is 1. The molecular formula is C14H17NaO2. The van der Waals surface area contributed by atoms with Gasteiger partial charge in [-0.05, 0) is 23.6 Å². The molecule has 17 heavy (non-hydrogen) atoms. The van der Waals surface area contributed by atoms with Gasteiger partial charge in [-0.25, -0.2) is 4.79 Å². The van der Waals surface area contributed by atoms with Crippen molar-refractivity contribution in [1.82, 2.24) is 0 Å². The second-order valence-corrected chi connectivity index (χ2v) is 3.43. The summed E-state index contributed by atoms with van der Waals surface area (Å²) in [6.45, 7) is 20.1. The van der Waals surface area contributed by atoms with Gasteiger partial charge in [-0.1, -0.05) is 50.6 Å². The molecule has 0 saturated carbocycles. The first-order valence-electron chi connectivity index (χ1n) is 4.61. The van der Waals surface area contributed by atoms with E-state index in [1.807, 2.05) is 6.92 Å². The molecule has 0 radical (unpaired) electrons. The molecule has 0 amide bonds. The van der Waals surface area contributed by atoms with E-state index in [0.717, 1.165) is 11.1 Å². The Balaban J connectivity index is 0. The molecule has 0 aliphatic heterocycles. The van der Waals surface area contributed by atoms with Crippen molar-refractivity contribution in [2.75, 3.05) is 0 Å². The Hall–Kier alpha value is -1.09. The van der Waals surface area contributed by atoms with Gasteiger partial charge in [0.2, 0.25) is 0 Å². The summed E-state index contributed by atoms with van der Waals surface area (Å²) in [5.74, 6) is -1.08. The topological polar surface area (TPSA) is 37.3 Å². The van der Waals surface area contributed by atoms with E-state index in [-0.39, 0.29) is 35.1 Å². The molecule has 0 spiro atoms. The Morgan fingerprint density at radius 2 is 1.29 bits per heavy atom. The van der Waals surface area contributed by atoms with E-state index in [1.54, 1.807) is 12.2 Å². The summed E-state index contributed by atoms with van der Waals surface area (Å²) in [5.41, 5.74) is 2.52. The van der Waals surface area contributed by atoms with Crippen LogP contribution >= 0.6 is 0 Å². The van der Waals surface area contributed by atoms with Gasteiger partial charge in [0.05, 0.1) is 5.57 Å². The van der Waals surface area contributed by atoms with E-state index in [4.69, 9.17) is 5.11 Å². The number of allylic oxidation sites excluding steroid dienone is 5. The van der Waals surface area contributed by atoms with Crippen molar-refractivity contribution in [3.8, 4) is 0 Å². The van der Waals surface area contributed by atoms with Crippen molar-refractivity contribution < 1.29 is 9.90 Å². The maximum atomic E-state index is 10.6. The van der Waals surface area contributed by atoms with Gasteiger partial charge >= 0.3 is 35.5 Å². The van der Waals surface area contributed by atoms with Gasteiger partial charge in [0.15, 0.2) is 0 Å². The van der Waals surface area contributed by atoms with Gasteiger partial charge in [0, 0.05) is 0 Å². The zero-order valence-electron chi connectivity index (χ0n) is 9.55. The number of aliphatic carboxylic acids is 1. The van der Waals surface area contributed by atoms with E-state index < -0.39 is 5.97 Å². The third kappa shape index (κ3) is 6.27. The van der Waals surface area contributed by atoms with Crippen LogP contribution in [0.1, 0.15) is 6.92 Å². The van der Waals surface area contributed by atoms with Crippen LogP contribution in [0.5, 0.6) is 0 Å². The first-order valence-corrected chi connectivity index (χ1v) is 4.61. The van der Waals surface area contributed by atoms with Crippen molar-refractivity contribution >= 4 is 35.5 Å². The van der Waals surface area contributed by atoms with E-state index in [9.17, 15) is 4.79 Å². The van der Waals surface area contributed by atoms with Crippen LogP contribution in [-0.2, 0) is 4.79 Å². The van der Waals surface area contributed by atoms with Crippen molar-refractivity contribution in [2.45, 2.75) is 6.92 Å². The summed E-state index contributed by atoms with van der Waals surface area (Å²) < 4.78 is 0. The standard InChI is InChI=1S/C14H16O2.Na.H/c1-9(2)12(5)10(3)7-8-11(4)13(6)14(15)16;;/h7-8H,1,3-6H2,2H3,(H,15,16);;. The van der Waals surface area contributed by atoms with Gasteiger partial charge in [0.25, 0.3) is 0 Å². The predicted octanol–water partition coefficient (Wildman–Crippen LogP) is 2.78. The molecular weight excluding hydrogens is 223 g/mol. The average molecular weight is 240 g/mol. The quantitative estimate of drug-likeness (QED) is 0.440. The molecule has 0 fully saturated rings. The van der Waals surface area contributed by atoms with Gasteiger partial charge < -0.3 is 5.11 Å². The number of carboxylic acid groups (broad SMARTS) is 1. The number of hydrogen-bond acceptors (Lipinski definition) is 1. The number of rotatable bonds is 6. The Bertz CT molecular complexity index is 386. The summed E-state index contributed by atoms with van der Waals surface area (Å²) in [7, 11) is 0. The summed E-state index contributed by atoms with van der Waals surface area (Å²) in [6.07, 6.45) is 3.19. The zero-order chi connectivity index (χ0) is 12.9. The van der Waals surface area contributed by atoms with E-state index in [1.165, 1.54) is 0 Å². The van der Waals surface area contributed by atoms with Crippen molar-refractivity contribution in [1.29, 1.82) is 0 Å². The fraction of sp³-hybridized carbons (Fsp3) is 0.0714. The SMILES string of the molecule is C=C(C)C(=C)C(=C)C=CC(=C)C(=C)C(=O)O.[NaH]. The van der Waals surface area contributed by atoms with Crippen LogP contribution in [0.4, 0.5) is 0 Å². The van der Waals surface area contributed by atoms with E-state index in [2.05, 4.69) is 32.9 Å². The molecule has 0 aromatic carbocycles. The molecule has 0 aromatic rings. The minimum absolute atomic E-state index is 0. The second-order valence-electron chi connectivity index (χ2n) is 3.43. The van der Waals surface area contributed by atoms with Crippen LogP contribution in [0, 0.1) is 0 Å². The fourth-order valence-electron chi connectivity index (χ4n) is 0.814. The zero-order valence-corrected chi connectivity index (χ0v) is 9.55. The molecule has 0 bridgehead atoms. The van der Waals surface area contributed by atoms with Crippen LogP contribution in [0.15, 0.2) is 72.9 Å². The van der Waals surface area contributed by atoms with Crippen LogP contribution in [0.3, 0.4) is 0 Å². The Morgan fingerprint density at radius 1 is 0.941 bits per heavy atom. The van der Waals surface area contributed by atoms with Crippen molar-refractivity contribution in [3.05, 3.63) is 72.9 Å². The normalized spacial score (nSPS) is 9.24. The molecule has 0 unspecified atom stereocenters. The molecule has 0 heterocycles. The van der Waals surface area contributed by atoms with Gasteiger partial charge in [-0.15, -0.1) is 0 Å². The molecule has 2 nitrogen and oxygen atoms in total. The van der Waals surface area contributed by atoms with Gasteiger partial charge in [0.1, 0.15) is 0 Å². The number of carboxylic acids is 1. The van der Waals surface area contributed by atoms with Crippen LogP contribution < -0.4 is 0 Å². The molecule has 86 valence electrons. The Labute approximate surface area is 125 Å². The Morgan fingerprint density at radius 3 is 1.59 bits per heavy atom. The first kappa shape index (κ1) is 18.3. The second kappa shape index (κ2) is 8.07. The predicted molar refractivity (Wildman–Crippen MR) is 75.3 cm³/mol. The summed E-state index contributed by atoms with van der Waals surface area (Å²) >= 11 is 0. The van der Waals surface area contributed by atoms with Crippen LogP contribution in [0.2, 0.25) is 0 Å². The summed E-state index contributed by atoms with van der Waals surface area (Å²) in [4.78, 5) is 10.6. The Kier molecular flexibility index (Phi) is 8.68. The fourth-order valence-corrected chi connectivity index (χ4v) is 0.814. The maximum absolute atomic E-state index is 10.6. The number of hydrogen-bond donors (Lipinski definition) is 1. The van der Waals surface area contributed by atoms with Crippen LogP contribution in [0.25, 0.3) is 0 Å². The molecule has 1 N–H and O–H groups in total. The molecule has 0 atom stereocenters. The third-order valence-electron chi connectivity index (χ3n) is 2.03. The van der Waals surface area contributed by atoms with E-state index in [0.29, 0.717) is 11.1 Å². The summed E-state index contributed by atoms with van der Waals surface area (Å²) in [6, 6.07) is 0. The molecule has 0 rings (SSSR count). The van der Waals surface area contributed by atoms with Gasteiger partial charge in [-0.2, -0.15) is 0 Å². The minimum atomic E-state index is -1.08. The molecule has 0 aliphatic carbocycles. The van der Waals surface area contributed by atoms with Crippen molar-refractivity contribution in [2.24, 2.45) is 0 Å². The first-order chi connectivity index (χ1) is 7.27. The van der Waals surface area contributed by atoms with E-state index >= 15 is 0 Å². The van der Waals surface area contributed by atoms with Gasteiger partial charge in [-0.3, -0.25) is 0 Å². The monoisotopic (exact) mass is 240 g/mol. The third-order valence-corrected chi connectivity index (χ3v) is 2.03. The molecule has 3 heteroatoms. The summed E-state index contributed by atoms with van der Waals surface area (Å²) in [5, 5.41) is 8.67. The average Bonchev–Trinajstić information content (AvgIpc) is 2.22. The molecule has 0 aliphatic rings.